The van der Waals surface area contributed by atoms with Crippen LogP contribution in [0.5, 0.6) is 0 Å². The van der Waals surface area contributed by atoms with Crippen molar-refractivity contribution in [1.29, 1.82) is 0 Å². The second-order valence-corrected chi connectivity index (χ2v) is 20.2. The highest BCUT2D eigenvalue weighted by molar-refractivity contribution is 8.78. The molecular weight excluding hydrogens is 827 g/mol. The number of carbonyl (C=O) groups excluding carboxylic acids is 5. The first-order valence-electron chi connectivity index (χ1n) is 19.3. The Bertz CT molecular complexity index is 2020. The van der Waals surface area contributed by atoms with Gasteiger partial charge in [0.25, 0.3) is 21.8 Å². The average Bonchev–Trinajstić information content (AvgIpc) is 3.61. The largest absolute Gasteiger partial charge is 0.508 e. The van der Waals surface area contributed by atoms with Crippen molar-refractivity contribution in [2.45, 2.75) is 85.2 Å². The highest BCUT2D eigenvalue weighted by atomic mass is 33.1. The lowest BCUT2D eigenvalue weighted by atomic mass is 9.80. The number of likely N-dealkylation sites (N-methyl/N-ethyl adjacent to an activating group) is 1. The number of piperazine rings is 1. The van der Waals surface area contributed by atoms with Crippen LogP contribution in [0.2, 0.25) is 0 Å². The van der Waals surface area contributed by atoms with Crippen LogP contribution in [0.15, 0.2) is 59.5 Å². The first-order valence-corrected chi connectivity index (χ1v) is 22.9. The first-order chi connectivity index (χ1) is 28.0. The zero-order chi connectivity index (χ0) is 42.6. The number of ether oxygens (including phenoxy) is 5. The number of carbonyl (C=O) groups is 5. The molecule has 20 heteroatoms. The minimum absolute atomic E-state index is 0.0413. The predicted molar refractivity (Wildman–Crippen MR) is 219 cm³/mol. The van der Waals surface area contributed by atoms with Crippen LogP contribution in [0, 0.1) is 0 Å². The molecule has 0 radical (unpaired) electrons. The van der Waals surface area contributed by atoms with E-state index in [4.69, 9.17) is 23.7 Å². The summed E-state index contributed by atoms with van der Waals surface area (Å²) in [4.78, 5) is 65.4. The van der Waals surface area contributed by atoms with Gasteiger partial charge < -0.3 is 39.2 Å². The molecule has 2 aromatic rings. The Labute approximate surface area is 351 Å². The number of hydrogen-bond donors (Lipinski definition) is 2. The van der Waals surface area contributed by atoms with Crippen molar-refractivity contribution in [3.8, 4) is 0 Å². The number of hydrogen-bond acceptors (Lipinski definition) is 14. The van der Waals surface area contributed by atoms with Crippen molar-refractivity contribution in [2.75, 3.05) is 64.1 Å². The van der Waals surface area contributed by atoms with Gasteiger partial charge in [-0.1, -0.05) is 54.1 Å². The van der Waals surface area contributed by atoms with E-state index in [1.54, 1.807) is 51.1 Å². The summed E-state index contributed by atoms with van der Waals surface area (Å²) in [5.74, 6) is -1.12. The number of fused-ring (bicyclic) bond motifs is 5. The molecule has 5 aliphatic heterocycles. The van der Waals surface area contributed by atoms with E-state index in [9.17, 15) is 32.4 Å². The highest BCUT2D eigenvalue weighted by Gasteiger charge is 2.79. The summed E-state index contributed by atoms with van der Waals surface area (Å²) in [5.41, 5.74) is -0.356. The summed E-state index contributed by atoms with van der Waals surface area (Å²) in [6, 6.07) is 15.1. The monoisotopic (exact) mass is 877 g/mol. The minimum Gasteiger partial charge on any atom is -0.444 e. The number of sulfonamides is 1. The van der Waals surface area contributed by atoms with E-state index < -0.39 is 61.7 Å². The summed E-state index contributed by atoms with van der Waals surface area (Å²) in [7, 11) is -0.408. The molecular formula is C39H51N5O12S3. The summed E-state index contributed by atoms with van der Waals surface area (Å²) in [6.07, 6.45) is -1.44. The standard InChI is InChI=1S/C39H51N5O12S3/c1-36(2,3)56-34(48)41-19-22-53-24-23-52-21-18-40-30(45)17-11-12-20-54-35(49)55-26-39-33(47)43-31-37(4,25-38(43,57-58-39)32(46)42(39)5)28-15-9-10-16-29(28)44(31)59(50,51)27-13-7-6-8-14-27/h6-10,13-16,31H,11-12,17-26H2,1-5H3,(H,40,45)(H,41,48)/t31-,37+,38-,39-/m0/s1. The van der Waals surface area contributed by atoms with Gasteiger partial charge in [0, 0.05) is 38.4 Å². The molecule has 4 atom stereocenters. The van der Waals surface area contributed by atoms with E-state index >= 15 is 0 Å². The normalized spacial score (nSPS) is 24.4. The number of nitrogens with zero attached hydrogens (tertiary/aromatic N) is 3. The summed E-state index contributed by atoms with van der Waals surface area (Å²) < 4.78 is 56.8. The number of benzene rings is 2. The van der Waals surface area contributed by atoms with Gasteiger partial charge in [-0.15, -0.1) is 0 Å². The second kappa shape index (κ2) is 17.8. The van der Waals surface area contributed by atoms with Gasteiger partial charge in [-0.05, 0) is 68.2 Å². The van der Waals surface area contributed by atoms with Gasteiger partial charge in [-0.2, -0.15) is 0 Å². The zero-order valence-corrected chi connectivity index (χ0v) is 36.2. The van der Waals surface area contributed by atoms with Crippen LogP contribution in [0.25, 0.3) is 0 Å². The average molecular weight is 878 g/mol. The number of nitrogens with one attached hydrogen (secondary N) is 2. The molecule has 59 heavy (non-hydrogen) atoms. The number of unbranched alkanes of at least 4 members (excludes halogenated alkanes) is 1. The molecule has 2 N–H and O–H groups in total. The summed E-state index contributed by atoms with van der Waals surface area (Å²) >= 11 is 0. The zero-order valence-electron chi connectivity index (χ0n) is 33.7. The maximum absolute atomic E-state index is 14.8. The van der Waals surface area contributed by atoms with Crippen molar-refractivity contribution < 1.29 is 56.1 Å². The quantitative estimate of drug-likeness (QED) is 0.124. The predicted octanol–water partition coefficient (Wildman–Crippen LogP) is 3.97. The maximum Gasteiger partial charge on any atom is 0.508 e. The number of anilines is 1. The van der Waals surface area contributed by atoms with Crippen molar-refractivity contribution >= 4 is 67.3 Å². The first kappa shape index (κ1) is 44.3. The van der Waals surface area contributed by atoms with Crippen molar-refractivity contribution in [2.24, 2.45) is 0 Å². The molecule has 17 nitrogen and oxygen atoms in total. The number of alkyl carbamates (subject to hydrolysis) is 1. The van der Waals surface area contributed by atoms with Crippen LogP contribution in [-0.4, -0.2) is 129 Å². The number of para-hydroxylation sites is 1. The maximum atomic E-state index is 14.8. The van der Waals surface area contributed by atoms with Crippen LogP contribution in [-0.2, 0) is 53.5 Å². The summed E-state index contributed by atoms with van der Waals surface area (Å²) in [6.45, 7) is 8.52. The Kier molecular flexibility index (Phi) is 13.3. The third kappa shape index (κ3) is 8.82. The van der Waals surface area contributed by atoms with Crippen molar-refractivity contribution in [3.63, 3.8) is 0 Å². The fourth-order valence-electron chi connectivity index (χ4n) is 7.68. The van der Waals surface area contributed by atoms with Gasteiger partial charge in [0.2, 0.25) is 10.8 Å². The summed E-state index contributed by atoms with van der Waals surface area (Å²) in [5, 5.41) is 5.35. The van der Waals surface area contributed by atoms with Gasteiger partial charge >= 0.3 is 12.2 Å². The fourth-order valence-corrected chi connectivity index (χ4v) is 13.2. The van der Waals surface area contributed by atoms with Crippen LogP contribution in [0.3, 0.4) is 0 Å². The highest BCUT2D eigenvalue weighted by Crippen LogP contribution is 2.69. The van der Waals surface area contributed by atoms with Crippen molar-refractivity contribution in [1.82, 2.24) is 20.4 Å². The molecule has 2 bridgehead atoms. The number of amides is 4. The van der Waals surface area contributed by atoms with Crippen LogP contribution >= 0.6 is 21.6 Å². The smallest absolute Gasteiger partial charge is 0.444 e. The SMILES string of the molecule is CN1C(=O)[C@@]23C[C@]4(C)c5ccccc5N(S(=O)(=O)c5ccccc5)[C@@H]4N2C(=O)[C@]1(COC(=O)OCCCCC(=O)NCCOCCOCCNC(=O)OC(C)(C)C)SS3. The number of rotatable bonds is 18. The fraction of sp³-hybridized carbons (Fsp3) is 0.564. The molecule has 2 aromatic carbocycles. The van der Waals surface area contributed by atoms with Crippen molar-refractivity contribution in [3.05, 3.63) is 60.2 Å². The Morgan fingerprint density at radius 3 is 2.20 bits per heavy atom. The Morgan fingerprint density at radius 2 is 1.51 bits per heavy atom. The van der Waals surface area contributed by atoms with Gasteiger partial charge in [-0.25, -0.2) is 22.3 Å². The third-order valence-corrected chi connectivity index (χ3v) is 15.8. The van der Waals surface area contributed by atoms with Crippen LogP contribution < -0.4 is 14.9 Å². The molecule has 4 fully saturated rings. The molecule has 0 aromatic heterocycles. The van der Waals surface area contributed by atoms with Gasteiger partial charge in [0.15, 0.2) is 4.87 Å². The molecule has 4 amide bonds. The van der Waals surface area contributed by atoms with Crippen LogP contribution in [0.1, 0.15) is 58.9 Å². The molecule has 1 spiro atoms. The molecule has 7 rings (SSSR count). The van der Waals surface area contributed by atoms with E-state index in [1.807, 2.05) is 19.1 Å². The van der Waals surface area contributed by atoms with E-state index in [0.29, 0.717) is 63.6 Å². The van der Waals surface area contributed by atoms with Gasteiger partial charge in [-0.3, -0.25) is 19.3 Å². The van der Waals surface area contributed by atoms with Crippen LogP contribution in [0.4, 0.5) is 15.3 Å². The Hall–Kier alpha value is -4.24. The lowest BCUT2D eigenvalue weighted by Gasteiger charge is -2.58. The van der Waals surface area contributed by atoms with E-state index in [-0.39, 0.29) is 36.2 Å². The molecule has 5 heterocycles. The lowest BCUT2D eigenvalue weighted by molar-refractivity contribution is -0.167. The molecule has 0 saturated carbocycles. The third-order valence-electron chi connectivity index (χ3n) is 10.4. The van der Waals surface area contributed by atoms with E-state index in [2.05, 4.69) is 10.6 Å². The molecule has 322 valence electrons. The molecule has 4 saturated heterocycles. The van der Waals surface area contributed by atoms with Gasteiger partial charge in [0.05, 0.1) is 43.6 Å². The molecule has 0 unspecified atom stereocenters. The Balaban J connectivity index is 0.943. The van der Waals surface area contributed by atoms with E-state index in [1.165, 1.54) is 44.1 Å². The topological polar surface area (TPSA) is 199 Å². The Morgan fingerprint density at radius 1 is 0.847 bits per heavy atom. The minimum atomic E-state index is -4.21. The lowest BCUT2D eigenvalue weighted by Crippen LogP contribution is -2.78. The van der Waals surface area contributed by atoms with Gasteiger partial charge in [0.1, 0.15) is 18.4 Å². The second-order valence-electron chi connectivity index (χ2n) is 15.7. The molecule has 5 aliphatic rings. The van der Waals surface area contributed by atoms with E-state index in [0.717, 1.165) is 10.8 Å². The molecule has 0 aliphatic carbocycles.